The normalized spacial score (nSPS) is 12.1. The number of nitrogens with zero attached hydrogens (tertiary/aromatic N) is 2. The van der Waals surface area contributed by atoms with E-state index in [1.54, 1.807) is 30.1 Å². The molecule has 0 aliphatic rings. The Labute approximate surface area is 109 Å². The fourth-order valence-electron chi connectivity index (χ4n) is 1.73. The van der Waals surface area contributed by atoms with Gasteiger partial charge in [0.2, 0.25) is 0 Å². The van der Waals surface area contributed by atoms with Crippen LogP contribution in [0.15, 0.2) is 36.7 Å². The second-order valence-corrected chi connectivity index (χ2v) is 4.26. The van der Waals surface area contributed by atoms with E-state index in [1.807, 2.05) is 0 Å². The van der Waals surface area contributed by atoms with Gasteiger partial charge in [0.05, 0.1) is 12.1 Å². The summed E-state index contributed by atoms with van der Waals surface area (Å²) in [5, 5.41) is 16.2. The lowest BCUT2D eigenvalue weighted by Crippen LogP contribution is -2.35. The van der Waals surface area contributed by atoms with Gasteiger partial charge in [0.1, 0.15) is 11.6 Å². The molecule has 2 rings (SSSR count). The van der Waals surface area contributed by atoms with Crippen molar-refractivity contribution in [1.82, 2.24) is 15.1 Å². The van der Waals surface area contributed by atoms with E-state index in [0.717, 1.165) is 18.2 Å². The monoisotopic (exact) mass is 263 g/mol. The predicted molar refractivity (Wildman–Crippen MR) is 67.2 cm³/mol. The Balaban J connectivity index is 2.02. The number of benzene rings is 1. The number of phenolic OH excluding ortho intramolecular Hbond substituents is 1. The largest absolute Gasteiger partial charge is 0.507 e. The lowest BCUT2D eigenvalue weighted by molar-refractivity contribution is 0.0933. The first-order valence-corrected chi connectivity index (χ1v) is 5.83. The van der Waals surface area contributed by atoms with E-state index >= 15 is 0 Å². The van der Waals surface area contributed by atoms with Gasteiger partial charge in [-0.3, -0.25) is 9.48 Å². The number of phenols is 1. The first-order chi connectivity index (χ1) is 9.06. The fourth-order valence-corrected chi connectivity index (χ4v) is 1.73. The van der Waals surface area contributed by atoms with Gasteiger partial charge in [-0.25, -0.2) is 4.39 Å². The molecule has 2 aromatic rings. The standard InChI is InChI=1S/C13H14FN3O2/c1-9(8-17-6-2-5-15-17)16-13(19)11-7-10(14)3-4-12(11)18/h2-7,9,18H,8H2,1H3,(H,16,19). The molecule has 0 fully saturated rings. The maximum atomic E-state index is 13.0. The maximum Gasteiger partial charge on any atom is 0.255 e. The molecule has 1 atom stereocenters. The maximum absolute atomic E-state index is 13.0. The number of hydrogen-bond donors (Lipinski definition) is 2. The third kappa shape index (κ3) is 3.31. The number of carbonyl (C=O) groups excluding carboxylic acids is 1. The van der Waals surface area contributed by atoms with Gasteiger partial charge in [0, 0.05) is 18.4 Å². The van der Waals surface area contributed by atoms with Crippen molar-refractivity contribution < 1.29 is 14.3 Å². The average Bonchev–Trinajstić information content (AvgIpc) is 2.84. The van der Waals surface area contributed by atoms with Gasteiger partial charge in [0.25, 0.3) is 5.91 Å². The molecule has 0 aliphatic heterocycles. The van der Waals surface area contributed by atoms with Crippen LogP contribution in [-0.2, 0) is 6.54 Å². The molecule has 1 aromatic carbocycles. The van der Waals surface area contributed by atoms with Gasteiger partial charge >= 0.3 is 0 Å². The van der Waals surface area contributed by atoms with Crippen LogP contribution < -0.4 is 5.32 Å². The summed E-state index contributed by atoms with van der Waals surface area (Å²) in [7, 11) is 0. The van der Waals surface area contributed by atoms with Crippen molar-refractivity contribution in [3.8, 4) is 5.75 Å². The summed E-state index contributed by atoms with van der Waals surface area (Å²) in [6, 6.07) is 4.84. The number of nitrogens with one attached hydrogen (secondary N) is 1. The Hall–Kier alpha value is -2.37. The number of aromatic hydroxyl groups is 1. The van der Waals surface area contributed by atoms with Crippen LogP contribution in [0.4, 0.5) is 4.39 Å². The molecule has 0 aliphatic carbocycles. The first kappa shape index (κ1) is 13.1. The number of aromatic nitrogens is 2. The van der Waals surface area contributed by atoms with Crippen LogP contribution in [0.5, 0.6) is 5.75 Å². The summed E-state index contributed by atoms with van der Waals surface area (Å²) in [4.78, 5) is 11.9. The van der Waals surface area contributed by atoms with E-state index in [-0.39, 0.29) is 17.4 Å². The number of rotatable bonds is 4. The van der Waals surface area contributed by atoms with E-state index in [4.69, 9.17) is 0 Å². The molecule has 1 unspecified atom stereocenters. The Morgan fingerprint density at radius 1 is 1.58 bits per heavy atom. The number of amides is 1. The van der Waals surface area contributed by atoms with Crippen LogP contribution in [0.1, 0.15) is 17.3 Å². The van der Waals surface area contributed by atoms with Crippen LogP contribution in [0, 0.1) is 5.82 Å². The zero-order valence-electron chi connectivity index (χ0n) is 10.4. The summed E-state index contributed by atoms with van der Waals surface area (Å²) in [5.41, 5.74) is -0.0766. The number of halogens is 1. The van der Waals surface area contributed by atoms with Crippen LogP contribution in [0.2, 0.25) is 0 Å². The van der Waals surface area contributed by atoms with Crippen LogP contribution in [0.3, 0.4) is 0 Å². The topological polar surface area (TPSA) is 67.2 Å². The van der Waals surface area contributed by atoms with E-state index in [2.05, 4.69) is 10.4 Å². The highest BCUT2D eigenvalue weighted by Gasteiger charge is 2.14. The predicted octanol–water partition coefficient (Wildman–Crippen LogP) is 1.55. The Morgan fingerprint density at radius 2 is 2.37 bits per heavy atom. The van der Waals surface area contributed by atoms with Crippen molar-refractivity contribution in [2.75, 3.05) is 0 Å². The van der Waals surface area contributed by atoms with Crippen LogP contribution in [0.25, 0.3) is 0 Å². The van der Waals surface area contributed by atoms with Gasteiger partial charge in [-0.05, 0) is 31.2 Å². The van der Waals surface area contributed by atoms with Crippen LogP contribution >= 0.6 is 0 Å². The van der Waals surface area contributed by atoms with Gasteiger partial charge in [0.15, 0.2) is 0 Å². The van der Waals surface area contributed by atoms with Gasteiger partial charge < -0.3 is 10.4 Å². The van der Waals surface area contributed by atoms with Crippen molar-refractivity contribution in [3.63, 3.8) is 0 Å². The quantitative estimate of drug-likeness (QED) is 0.879. The van der Waals surface area contributed by atoms with Crippen molar-refractivity contribution in [2.24, 2.45) is 0 Å². The lowest BCUT2D eigenvalue weighted by atomic mass is 10.1. The number of hydrogen-bond acceptors (Lipinski definition) is 3. The summed E-state index contributed by atoms with van der Waals surface area (Å²) in [5.74, 6) is -1.33. The summed E-state index contributed by atoms with van der Waals surface area (Å²) >= 11 is 0. The lowest BCUT2D eigenvalue weighted by Gasteiger charge is -2.14. The molecule has 1 amide bonds. The minimum Gasteiger partial charge on any atom is -0.507 e. The zero-order valence-corrected chi connectivity index (χ0v) is 10.4. The van der Waals surface area contributed by atoms with Crippen molar-refractivity contribution in [2.45, 2.75) is 19.5 Å². The van der Waals surface area contributed by atoms with E-state index in [0.29, 0.717) is 6.54 Å². The Morgan fingerprint density at radius 3 is 3.05 bits per heavy atom. The summed E-state index contributed by atoms with van der Waals surface area (Å²) in [6.45, 7) is 2.30. The highest BCUT2D eigenvalue weighted by Crippen LogP contribution is 2.17. The zero-order chi connectivity index (χ0) is 13.8. The summed E-state index contributed by atoms with van der Waals surface area (Å²) < 4.78 is 14.7. The molecule has 100 valence electrons. The second kappa shape index (κ2) is 5.51. The number of carbonyl (C=O) groups is 1. The van der Waals surface area contributed by atoms with Crippen molar-refractivity contribution >= 4 is 5.91 Å². The second-order valence-electron chi connectivity index (χ2n) is 4.26. The SMILES string of the molecule is CC(Cn1cccn1)NC(=O)c1cc(F)ccc1O. The van der Waals surface area contributed by atoms with Crippen LogP contribution in [-0.4, -0.2) is 26.8 Å². The fraction of sp³-hybridized carbons (Fsp3) is 0.231. The first-order valence-electron chi connectivity index (χ1n) is 5.83. The minimum atomic E-state index is -0.567. The molecule has 1 heterocycles. The minimum absolute atomic E-state index is 0.0766. The molecule has 5 nitrogen and oxygen atoms in total. The van der Waals surface area contributed by atoms with E-state index in [9.17, 15) is 14.3 Å². The Bertz CT molecular complexity index is 569. The smallest absolute Gasteiger partial charge is 0.255 e. The molecular weight excluding hydrogens is 249 g/mol. The van der Waals surface area contributed by atoms with Gasteiger partial charge in [-0.15, -0.1) is 0 Å². The van der Waals surface area contributed by atoms with Crippen molar-refractivity contribution in [3.05, 3.63) is 48.0 Å². The highest BCUT2D eigenvalue weighted by molar-refractivity contribution is 5.96. The molecule has 0 bridgehead atoms. The van der Waals surface area contributed by atoms with E-state index in [1.165, 1.54) is 0 Å². The molecule has 0 spiro atoms. The van der Waals surface area contributed by atoms with Crippen molar-refractivity contribution in [1.29, 1.82) is 0 Å². The van der Waals surface area contributed by atoms with Gasteiger partial charge in [-0.2, -0.15) is 5.10 Å². The highest BCUT2D eigenvalue weighted by atomic mass is 19.1. The molecule has 2 N–H and O–H groups in total. The molecule has 0 saturated heterocycles. The molecular formula is C13H14FN3O2. The molecule has 6 heteroatoms. The molecule has 1 aromatic heterocycles. The Kier molecular flexibility index (Phi) is 3.79. The van der Waals surface area contributed by atoms with Gasteiger partial charge in [-0.1, -0.05) is 0 Å². The molecule has 19 heavy (non-hydrogen) atoms. The molecule has 0 saturated carbocycles. The summed E-state index contributed by atoms with van der Waals surface area (Å²) in [6.07, 6.45) is 3.43. The average molecular weight is 263 g/mol. The van der Waals surface area contributed by atoms with E-state index < -0.39 is 11.7 Å². The third-order valence-electron chi connectivity index (χ3n) is 2.60. The molecule has 0 radical (unpaired) electrons. The third-order valence-corrected chi connectivity index (χ3v) is 2.60.